The quantitative estimate of drug-likeness (QED) is 0.412. The average Bonchev–Trinajstić information content (AvgIpc) is 2.58. The van der Waals surface area contributed by atoms with Gasteiger partial charge in [-0.15, -0.1) is 4.52 Å². The number of nitrogens with one attached hydrogen (secondary N) is 1. The van der Waals surface area contributed by atoms with Crippen LogP contribution in [-0.2, 0) is 11.1 Å². The number of hydrogen-bond acceptors (Lipinski definition) is 3. The highest BCUT2D eigenvalue weighted by atomic mass is 35.9. The molecule has 138 valence electrons. The standard InChI is InChI=1S/C18H25Cl2N2O2P/c1-4-22(14-15-8-6-5-7-9-15)17-12-10-16(11-13-17)18(21(2)3)24-25(19,20)23/h5-13,16-18H,4,14H2,1-3H3/p+1. The van der Waals surface area contributed by atoms with Crippen molar-refractivity contribution >= 4 is 28.9 Å². The molecule has 7 heteroatoms. The van der Waals surface area contributed by atoms with Crippen molar-refractivity contribution in [3.8, 4) is 0 Å². The number of hydrogen-bond donors (Lipinski definition) is 1. The van der Waals surface area contributed by atoms with Crippen LogP contribution in [0, 0.1) is 5.92 Å². The maximum atomic E-state index is 11.6. The summed E-state index contributed by atoms with van der Waals surface area (Å²) >= 11 is 11.2. The van der Waals surface area contributed by atoms with Gasteiger partial charge in [-0.25, -0.2) is 0 Å². The van der Waals surface area contributed by atoms with E-state index in [1.54, 1.807) is 0 Å². The number of rotatable bonds is 8. The SMILES string of the molecule is CCN(Cc1ccccc1)C1C=CC(C(O[P+]([O-])(Cl)Cl)[NH+](C)C)C=C1. The van der Waals surface area contributed by atoms with Gasteiger partial charge in [0.1, 0.15) is 22.5 Å². The van der Waals surface area contributed by atoms with Gasteiger partial charge < -0.3 is 9.79 Å². The molecule has 0 bridgehead atoms. The molecule has 4 nitrogen and oxygen atoms in total. The maximum absolute atomic E-state index is 11.6. The van der Waals surface area contributed by atoms with Crippen LogP contribution in [0.25, 0.3) is 0 Å². The van der Waals surface area contributed by atoms with Gasteiger partial charge >= 0.3 is 6.42 Å². The first-order chi connectivity index (χ1) is 11.8. The fraction of sp³-hybridized carbons (Fsp3) is 0.444. The van der Waals surface area contributed by atoms with Gasteiger partial charge in [0.25, 0.3) is 0 Å². The molecule has 1 unspecified atom stereocenters. The van der Waals surface area contributed by atoms with E-state index in [9.17, 15) is 4.89 Å². The van der Waals surface area contributed by atoms with Crippen LogP contribution < -0.4 is 9.79 Å². The second-order valence-corrected chi connectivity index (χ2v) is 10.6. The van der Waals surface area contributed by atoms with Crippen LogP contribution in [0.2, 0.25) is 0 Å². The number of likely N-dealkylation sites (N-methyl/N-ethyl adjacent to an activating group) is 1. The summed E-state index contributed by atoms with van der Waals surface area (Å²) in [5.74, 6) is -0.0255. The summed E-state index contributed by atoms with van der Waals surface area (Å²) in [6, 6.07) is 10.6. The molecule has 0 radical (unpaired) electrons. The summed E-state index contributed by atoms with van der Waals surface area (Å²) in [5.41, 5.74) is 1.29. The molecule has 1 aromatic rings. The van der Waals surface area contributed by atoms with Crippen molar-refractivity contribution in [2.45, 2.75) is 25.7 Å². The Morgan fingerprint density at radius 3 is 2.24 bits per heavy atom. The van der Waals surface area contributed by atoms with Gasteiger partial charge in [0.05, 0.1) is 20.0 Å². The first kappa shape index (κ1) is 20.9. The Morgan fingerprint density at radius 2 is 1.76 bits per heavy atom. The minimum atomic E-state index is -3.58. The van der Waals surface area contributed by atoms with E-state index in [-0.39, 0.29) is 12.0 Å². The zero-order valence-electron chi connectivity index (χ0n) is 14.8. The molecule has 2 rings (SSSR count). The van der Waals surface area contributed by atoms with Crippen LogP contribution in [0.4, 0.5) is 0 Å². The lowest BCUT2D eigenvalue weighted by Crippen LogP contribution is -3.11. The largest absolute Gasteiger partial charge is 0.627 e. The Labute approximate surface area is 160 Å². The molecule has 0 saturated carbocycles. The van der Waals surface area contributed by atoms with Crippen molar-refractivity contribution in [1.82, 2.24) is 4.90 Å². The molecule has 0 heterocycles. The van der Waals surface area contributed by atoms with E-state index in [2.05, 4.69) is 60.4 Å². The van der Waals surface area contributed by atoms with Crippen LogP contribution in [-0.4, -0.2) is 37.8 Å². The maximum Gasteiger partial charge on any atom is 0.312 e. The van der Waals surface area contributed by atoms with Gasteiger partial charge in [0, 0.05) is 12.6 Å². The second kappa shape index (κ2) is 9.48. The van der Waals surface area contributed by atoms with Crippen molar-refractivity contribution in [2.75, 3.05) is 20.6 Å². The minimum absolute atomic E-state index is 0.0255. The lowest BCUT2D eigenvalue weighted by molar-refractivity contribution is -0.909. The van der Waals surface area contributed by atoms with Crippen LogP contribution in [0.15, 0.2) is 54.6 Å². The molecular weight excluding hydrogens is 378 g/mol. The Balaban J connectivity index is 2.03. The van der Waals surface area contributed by atoms with E-state index in [1.807, 2.05) is 20.2 Å². The van der Waals surface area contributed by atoms with Crippen molar-refractivity contribution in [3.63, 3.8) is 0 Å². The van der Waals surface area contributed by atoms with Crippen LogP contribution >= 0.6 is 28.9 Å². The highest BCUT2D eigenvalue weighted by Crippen LogP contribution is 2.62. The summed E-state index contributed by atoms with van der Waals surface area (Å²) in [6.07, 6.45) is 4.51. The van der Waals surface area contributed by atoms with E-state index < -0.39 is 12.6 Å². The molecule has 0 fully saturated rings. The molecule has 25 heavy (non-hydrogen) atoms. The highest BCUT2D eigenvalue weighted by molar-refractivity contribution is 8.09. The molecule has 1 aliphatic carbocycles. The topological polar surface area (TPSA) is 40.0 Å². The third kappa shape index (κ3) is 6.65. The molecule has 0 aliphatic heterocycles. The fourth-order valence-electron chi connectivity index (χ4n) is 3.00. The van der Waals surface area contributed by atoms with Gasteiger partial charge in [-0.3, -0.25) is 4.90 Å². The van der Waals surface area contributed by atoms with Crippen LogP contribution in [0.5, 0.6) is 0 Å². The van der Waals surface area contributed by atoms with Crippen molar-refractivity contribution in [3.05, 3.63) is 60.2 Å². The minimum Gasteiger partial charge on any atom is -0.627 e. The van der Waals surface area contributed by atoms with E-state index in [4.69, 9.17) is 27.0 Å². The predicted molar refractivity (Wildman–Crippen MR) is 104 cm³/mol. The van der Waals surface area contributed by atoms with Crippen molar-refractivity contribution in [2.24, 2.45) is 5.92 Å². The number of halogens is 2. The summed E-state index contributed by atoms with van der Waals surface area (Å²) in [4.78, 5) is 15.0. The molecule has 0 aromatic heterocycles. The van der Waals surface area contributed by atoms with Gasteiger partial charge in [0.2, 0.25) is 6.23 Å². The summed E-state index contributed by atoms with van der Waals surface area (Å²) in [6.45, 7) is 3.99. The first-order valence-corrected chi connectivity index (χ1v) is 11.9. The lowest BCUT2D eigenvalue weighted by Gasteiger charge is -2.31. The Hall–Kier alpha value is -0.450. The summed E-state index contributed by atoms with van der Waals surface area (Å²) < 4.78 is 5.39. The van der Waals surface area contributed by atoms with Crippen molar-refractivity contribution < 1.29 is 14.3 Å². The van der Waals surface area contributed by atoms with Gasteiger partial charge in [0.15, 0.2) is 0 Å². The van der Waals surface area contributed by atoms with Gasteiger partial charge in [-0.1, -0.05) is 61.6 Å². The van der Waals surface area contributed by atoms with E-state index in [0.29, 0.717) is 0 Å². The number of quaternary nitrogens is 1. The lowest BCUT2D eigenvalue weighted by atomic mass is 9.97. The highest BCUT2D eigenvalue weighted by Gasteiger charge is 2.37. The molecule has 1 aromatic carbocycles. The molecule has 1 N–H and O–H groups in total. The zero-order chi connectivity index (χ0) is 18.4. The molecule has 0 spiro atoms. The Kier molecular flexibility index (Phi) is 7.91. The van der Waals surface area contributed by atoms with Crippen LogP contribution in [0.1, 0.15) is 12.5 Å². The smallest absolute Gasteiger partial charge is 0.312 e. The van der Waals surface area contributed by atoms with E-state index in [0.717, 1.165) is 18.0 Å². The first-order valence-electron chi connectivity index (χ1n) is 8.42. The summed E-state index contributed by atoms with van der Waals surface area (Å²) in [7, 11) is 3.85. The monoisotopic (exact) mass is 403 g/mol. The Morgan fingerprint density at radius 1 is 1.16 bits per heavy atom. The molecule has 0 amide bonds. The van der Waals surface area contributed by atoms with E-state index >= 15 is 0 Å². The third-order valence-corrected chi connectivity index (χ3v) is 5.22. The number of nitrogens with zero attached hydrogens (tertiary/aromatic N) is 1. The van der Waals surface area contributed by atoms with Gasteiger partial charge in [-0.2, -0.15) is 0 Å². The third-order valence-electron chi connectivity index (χ3n) is 4.27. The average molecular weight is 404 g/mol. The molecular formula is C18H26Cl2N2O2P+. The van der Waals surface area contributed by atoms with E-state index in [1.165, 1.54) is 5.56 Å². The zero-order valence-corrected chi connectivity index (χ0v) is 17.2. The normalized spacial score (nSPS) is 21.9. The number of benzene rings is 1. The second-order valence-electron chi connectivity index (χ2n) is 6.40. The summed E-state index contributed by atoms with van der Waals surface area (Å²) in [5, 5.41) is 0. The predicted octanol–water partition coefficient (Wildman–Crippen LogP) is 2.62. The fourth-order valence-corrected chi connectivity index (χ4v) is 4.13. The molecule has 1 aliphatic rings. The van der Waals surface area contributed by atoms with Crippen molar-refractivity contribution in [1.29, 1.82) is 0 Å². The van der Waals surface area contributed by atoms with Crippen LogP contribution in [0.3, 0.4) is 0 Å². The Bertz CT molecular complexity index is 576. The van der Waals surface area contributed by atoms with Gasteiger partial charge in [-0.05, 0) is 12.1 Å². The molecule has 0 saturated heterocycles. The molecule has 1 atom stereocenters.